The number of nitrogens with two attached hydrogens (primary N) is 1. The van der Waals surface area contributed by atoms with Crippen molar-refractivity contribution in [3.05, 3.63) is 117 Å². The van der Waals surface area contributed by atoms with Gasteiger partial charge in [-0.1, -0.05) is 12.1 Å². The van der Waals surface area contributed by atoms with Crippen molar-refractivity contribution < 1.29 is 47.1 Å². The first-order valence-corrected chi connectivity index (χ1v) is 18.3. The quantitative estimate of drug-likeness (QED) is 0.120. The predicted molar refractivity (Wildman–Crippen MR) is 207 cm³/mol. The normalized spacial score (nSPS) is 20.4. The van der Waals surface area contributed by atoms with Gasteiger partial charge in [0.05, 0.1) is 32.8 Å². The van der Waals surface area contributed by atoms with Crippen LogP contribution in [-0.4, -0.2) is 82.8 Å². The van der Waals surface area contributed by atoms with Crippen molar-refractivity contribution in [1.29, 1.82) is 0 Å². The van der Waals surface area contributed by atoms with Crippen LogP contribution < -0.4 is 42.0 Å². The van der Waals surface area contributed by atoms with Crippen molar-refractivity contribution in [2.45, 2.75) is 24.2 Å². The Balaban J connectivity index is 0.000000154. The number of amides is 8. The predicted octanol–water partition coefficient (Wildman–Crippen LogP) is 1.93. The average molecular weight is 816 g/mol. The van der Waals surface area contributed by atoms with Gasteiger partial charge < -0.3 is 49.5 Å². The minimum absolute atomic E-state index is 0.115. The number of furan rings is 2. The van der Waals surface area contributed by atoms with Crippen molar-refractivity contribution in [3.63, 3.8) is 0 Å². The molecule has 0 radical (unpaired) electrons. The number of nitrogens with zero attached hydrogens (tertiary/aromatic N) is 3. The number of ether oxygens (including phenoxy) is 2. The number of nitrogens with one attached hydrogen (secondary N) is 5. The van der Waals surface area contributed by atoms with Crippen molar-refractivity contribution in [3.8, 4) is 11.5 Å². The lowest BCUT2D eigenvalue weighted by atomic mass is 9.95. The summed E-state index contributed by atoms with van der Waals surface area (Å²) in [6.45, 7) is 0.286. The number of H-pyrrole nitrogens is 1. The van der Waals surface area contributed by atoms with Gasteiger partial charge in [-0.25, -0.2) is 14.6 Å². The Hall–Kier alpha value is -8.16. The Morgan fingerprint density at radius 3 is 1.70 bits per heavy atom. The lowest BCUT2D eigenvalue weighted by Gasteiger charge is -2.28. The van der Waals surface area contributed by atoms with E-state index in [2.05, 4.69) is 31.2 Å². The SMILES string of the molecule is COc1ccc2c(c1)C(=O)N(C[C@@]1(c3cc4[nH]c(=O)ccc4o3)NC(=O)NC1=O)C2.COc1ccc2c(c1)C(=O)N(C[C@@]1(c3cc4nc(N)ccc4o3)NC(=O)NC1=O)C2. The molecule has 20 nitrogen and oxygen atoms in total. The summed E-state index contributed by atoms with van der Waals surface area (Å²) in [6, 6.07) is 18.1. The first-order chi connectivity index (χ1) is 28.8. The zero-order chi connectivity index (χ0) is 42.1. The van der Waals surface area contributed by atoms with Crippen molar-refractivity contribution in [1.82, 2.24) is 41.0 Å². The number of anilines is 1. The van der Waals surface area contributed by atoms with Crippen LogP contribution in [0.15, 0.2) is 86.4 Å². The first-order valence-electron chi connectivity index (χ1n) is 18.3. The Morgan fingerprint density at radius 2 is 1.18 bits per heavy atom. The van der Waals surface area contributed by atoms with E-state index in [0.717, 1.165) is 11.1 Å². The molecule has 2 atom stereocenters. The third-order valence-corrected chi connectivity index (χ3v) is 10.8. The van der Waals surface area contributed by atoms with E-state index in [1.807, 2.05) is 0 Å². The molecule has 20 heteroatoms. The van der Waals surface area contributed by atoms with Gasteiger partial charge in [0.25, 0.3) is 23.6 Å². The molecule has 304 valence electrons. The maximum absolute atomic E-state index is 13.0. The van der Waals surface area contributed by atoms with Crippen LogP contribution in [0.4, 0.5) is 15.4 Å². The summed E-state index contributed by atoms with van der Waals surface area (Å²) in [4.78, 5) is 97.1. The van der Waals surface area contributed by atoms with Crippen LogP contribution in [0.5, 0.6) is 11.5 Å². The molecular formula is C40H33N9O11. The third-order valence-electron chi connectivity index (χ3n) is 10.8. The van der Waals surface area contributed by atoms with Gasteiger partial charge in [0.15, 0.2) is 22.2 Å². The molecule has 0 unspecified atom stereocenters. The number of rotatable bonds is 8. The number of carbonyl (C=O) groups excluding carboxylic acids is 6. The van der Waals surface area contributed by atoms with Gasteiger partial charge in [-0.2, -0.15) is 0 Å². The smallest absolute Gasteiger partial charge is 0.322 e. The fourth-order valence-corrected chi connectivity index (χ4v) is 7.78. The number of hydrogen-bond donors (Lipinski definition) is 6. The molecule has 10 rings (SSSR count). The lowest BCUT2D eigenvalue weighted by molar-refractivity contribution is -0.126. The van der Waals surface area contributed by atoms with Crippen molar-refractivity contribution in [2.75, 3.05) is 33.0 Å². The fraction of sp³-hybridized carbons (Fsp3) is 0.200. The first kappa shape index (κ1) is 37.4. The van der Waals surface area contributed by atoms with E-state index in [0.29, 0.717) is 50.6 Å². The van der Waals surface area contributed by atoms with E-state index in [4.69, 9.17) is 24.0 Å². The summed E-state index contributed by atoms with van der Waals surface area (Å²) in [5.74, 6) is -0.126. The highest BCUT2D eigenvalue weighted by Gasteiger charge is 2.54. The Labute approximate surface area is 337 Å². The minimum Gasteiger partial charge on any atom is -0.497 e. The molecule has 0 spiro atoms. The van der Waals surface area contributed by atoms with E-state index in [-0.39, 0.29) is 55.1 Å². The van der Waals surface area contributed by atoms with Crippen LogP contribution in [0.25, 0.3) is 22.2 Å². The third kappa shape index (κ3) is 6.08. The Morgan fingerprint density at radius 1 is 0.667 bits per heavy atom. The number of aromatic nitrogens is 2. The summed E-state index contributed by atoms with van der Waals surface area (Å²) >= 11 is 0. The molecular weight excluding hydrogens is 782 g/mol. The van der Waals surface area contributed by atoms with Crippen molar-refractivity contribution in [2.24, 2.45) is 0 Å². The van der Waals surface area contributed by atoms with Gasteiger partial charge in [0.2, 0.25) is 5.56 Å². The second kappa shape index (κ2) is 13.7. The molecule has 0 saturated carbocycles. The molecule has 60 heavy (non-hydrogen) atoms. The second-order valence-electron chi connectivity index (χ2n) is 14.4. The Bertz CT molecular complexity index is 2920. The van der Waals surface area contributed by atoms with E-state index < -0.39 is 35.0 Å². The zero-order valence-electron chi connectivity index (χ0n) is 31.7. The van der Waals surface area contributed by atoms with Crippen LogP contribution in [-0.2, 0) is 33.8 Å². The number of hydrogen-bond acceptors (Lipinski definition) is 13. The van der Waals surface area contributed by atoms with Crippen LogP contribution in [0.2, 0.25) is 0 Å². The number of nitrogen functional groups attached to an aromatic ring is 1. The average Bonchev–Trinajstić information content (AvgIpc) is 4.07. The summed E-state index contributed by atoms with van der Waals surface area (Å²) in [5, 5.41) is 9.69. The molecule has 7 N–H and O–H groups in total. The molecule has 2 saturated heterocycles. The minimum atomic E-state index is -1.63. The number of methoxy groups -OCH3 is 2. The molecule has 0 aliphatic carbocycles. The fourth-order valence-electron chi connectivity index (χ4n) is 7.78. The number of pyridine rings is 2. The number of imide groups is 2. The number of urea groups is 2. The summed E-state index contributed by atoms with van der Waals surface area (Å²) in [5.41, 5.74) is 6.32. The molecule has 4 aliphatic rings. The summed E-state index contributed by atoms with van der Waals surface area (Å²) in [7, 11) is 3.03. The van der Waals surface area contributed by atoms with Gasteiger partial charge in [0.1, 0.15) is 34.4 Å². The number of carbonyl (C=O) groups is 6. The highest BCUT2D eigenvalue weighted by atomic mass is 16.5. The number of aromatic amines is 1. The van der Waals surface area contributed by atoms with Crippen LogP contribution in [0, 0.1) is 0 Å². The van der Waals surface area contributed by atoms with E-state index in [1.54, 1.807) is 54.6 Å². The Kier molecular flexibility index (Phi) is 8.57. The van der Waals surface area contributed by atoms with E-state index >= 15 is 0 Å². The van der Waals surface area contributed by atoms with Crippen LogP contribution in [0.3, 0.4) is 0 Å². The molecule has 2 aromatic carbocycles. The van der Waals surface area contributed by atoms with Gasteiger partial charge in [-0.15, -0.1) is 0 Å². The molecule has 8 amide bonds. The largest absolute Gasteiger partial charge is 0.497 e. The van der Waals surface area contributed by atoms with Crippen LogP contribution >= 0.6 is 0 Å². The topological polar surface area (TPSA) is 274 Å². The maximum Gasteiger partial charge on any atom is 0.322 e. The molecule has 6 aromatic rings. The molecule has 0 bridgehead atoms. The summed E-state index contributed by atoms with van der Waals surface area (Å²) in [6.07, 6.45) is 0. The number of fused-ring (bicyclic) bond motifs is 4. The van der Waals surface area contributed by atoms with Crippen molar-refractivity contribution >= 4 is 63.7 Å². The zero-order valence-corrected chi connectivity index (χ0v) is 31.7. The van der Waals surface area contributed by atoms with Gasteiger partial charge in [-0.05, 0) is 53.6 Å². The maximum atomic E-state index is 13.0. The molecule has 4 aliphatic heterocycles. The van der Waals surface area contributed by atoms with E-state index in [1.165, 1.54) is 42.2 Å². The van der Waals surface area contributed by atoms with E-state index in [9.17, 15) is 33.6 Å². The molecule has 4 aromatic heterocycles. The molecule has 8 heterocycles. The standard InChI is InChI=1S/C20H17N5O5.C20H16N4O6/c1-29-11-3-2-10-8-25(17(26)12(10)6-11)9-20(18(27)23-19(28)24-20)15-7-13-14(30-15)4-5-16(21)22-13;1-29-11-3-2-10-8-24(17(26)12(10)6-11)9-20(18(27)22-19(28)23-20)15-7-13-14(30-15)4-5-16(25)21-13/h2-7H,8-9H2,1H3,(H2,21,22)(H2,23,24,27,28);2-7H,8-9H2,1H3,(H,21,25)(H2,22,23,27,28)/t2*20-/m00/s1. The van der Waals surface area contributed by atoms with Gasteiger partial charge in [-0.3, -0.25) is 34.6 Å². The highest BCUT2D eigenvalue weighted by molar-refractivity contribution is 6.09. The monoisotopic (exact) mass is 815 g/mol. The van der Waals surface area contributed by atoms with Gasteiger partial charge >= 0.3 is 12.1 Å². The van der Waals surface area contributed by atoms with Crippen LogP contribution in [0.1, 0.15) is 43.4 Å². The highest BCUT2D eigenvalue weighted by Crippen LogP contribution is 2.36. The summed E-state index contributed by atoms with van der Waals surface area (Å²) < 4.78 is 22.0. The van der Waals surface area contributed by atoms with Gasteiger partial charge in [0, 0.05) is 42.4 Å². The number of benzene rings is 2. The molecule has 2 fully saturated rings. The lowest BCUT2D eigenvalue weighted by Crippen LogP contribution is -2.52. The second-order valence-corrected chi connectivity index (χ2v) is 14.4.